The molecular formula is C14H22N4O3. The monoisotopic (exact) mass is 294 g/mol. The van der Waals surface area contributed by atoms with Crippen molar-refractivity contribution in [2.75, 3.05) is 25.1 Å². The van der Waals surface area contributed by atoms with Crippen LogP contribution in [-0.4, -0.2) is 48.1 Å². The van der Waals surface area contributed by atoms with Crippen LogP contribution in [0.25, 0.3) is 0 Å². The number of rotatable bonds is 4. The molecule has 0 aromatic carbocycles. The molecule has 2 aliphatic rings. The molecule has 0 unspecified atom stereocenters. The number of aromatic nitrogens is 2. The van der Waals surface area contributed by atoms with E-state index < -0.39 is 6.10 Å². The van der Waals surface area contributed by atoms with Gasteiger partial charge in [0.15, 0.2) is 5.82 Å². The first-order valence-corrected chi connectivity index (χ1v) is 7.55. The van der Waals surface area contributed by atoms with Crippen LogP contribution in [0.2, 0.25) is 0 Å². The van der Waals surface area contributed by atoms with Crippen LogP contribution in [0.3, 0.4) is 0 Å². The fraction of sp³-hybridized carbons (Fsp3) is 0.714. The third kappa shape index (κ3) is 3.42. The Kier molecular flexibility index (Phi) is 4.52. The number of carbonyl (C=O) groups excluding carboxylic acids is 1. The molecule has 2 aliphatic heterocycles. The van der Waals surface area contributed by atoms with E-state index in [1.54, 1.807) is 0 Å². The minimum atomic E-state index is -0.415. The van der Waals surface area contributed by atoms with Crippen LogP contribution >= 0.6 is 0 Å². The van der Waals surface area contributed by atoms with Gasteiger partial charge < -0.3 is 20.5 Å². The molecule has 7 heteroatoms. The van der Waals surface area contributed by atoms with Crippen LogP contribution in [-0.2, 0) is 14.3 Å². The second kappa shape index (κ2) is 6.55. The van der Waals surface area contributed by atoms with Crippen LogP contribution < -0.4 is 11.1 Å². The lowest BCUT2D eigenvalue weighted by atomic mass is 9.97. The van der Waals surface area contributed by atoms with Gasteiger partial charge in [-0.3, -0.25) is 9.89 Å². The Morgan fingerprint density at radius 2 is 2.19 bits per heavy atom. The lowest BCUT2D eigenvalue weighted by Gasteiger charge is -2.20. The van der Waals surface area contributed by atoms with E-state index in [9.17, 15) is 4.79 Å². The van der Waals surface area contributed by atoms with Gasteiger partial charge in [0.2, 0.25) is 0 Å². The Labute approximate surface area is 123 Å². The van der Waals surface area contributed by atoms with Crippen LogP contribution in [0.4, 0.5) is 5.82 Å². The number of aromatic amines is 1. The number of amides is 1. The van der Waals surface area contributed by atoms with Crippen molar-refractivity contribution < 1.29 is 14.3 Å². The molecule has 0 bridgehead atoms. The van der Waals surface area contributed by atoms with E-state index in [1.807, 2.05) is 6.07 Å². The average molecular weight is 294 g/mol. The molecule has 0 aliphatic carbocycles. The second-order valence-corrected chi connectivity index (χ2v) is 5.64. The Morgan fingerprint density at radius 1 is 1.38 bits per heavy atom. The van der Waals surface area contributed by atoms with E-state index in [0.717, 1.165) is 38.2 Å². The molecule has 4 N–H and O–H groups in total. The number of carbonyl (C=O) groups is 1. The predicted octanol–water partition coefficient (Wildman–Crippen LogP) is 0.748. The Balaban J connectivity index is 1.55. The lowest BCUT2D eigenvalue weighted by Crippen LogP contribution is -2.29. The summed E-state index contributed by atoms with van der Waals surface area (Å²) in [6.07, 6.45) is 3.10. The van der Waals surface area contributed by atoms with Gasteiger partial charge >= 0.3 is 0 Å². The highest BCUT2D eigenvalue weighted by Gasteiger charge is 2.30. The smallest absolute Gasteiger partial charge is 0.254 e. The first-order valence-electron chi connectivity index (χ1n) is 7.55. The van der Waals surface area contributed by atoms with Crippen molar-refractivity contribution in [3.05, 3.63) is 11.8 Å². The van der Waals surface area contributed by atoms with Crippen molar-refractivity contribution in [3.8, 4) is 0 Å². The third-order valence-corrected chi connectivity index (χ3v) is 4.17. The summed E-state index contributed by atoms with van der Waals surface area (Å²) in [5, 5.41) is 9.98. The van der Waals surface area contributed by atoms with Gasteiger partial charge in [-0.25, -0.2) is 0 Å². The van der Waals surface area contributed by atoms with Gasteiger partial charge in [0.25, 0.3) is 5.91 Å². The SMILES string of the molecule is NC[C@H]1CC[C@@H](C(=O)Nc2cc(C3CCOCC3)[nH]n2)O1. The highest BCUT2D eigenvalue weighted by Crippen LogP contribution is 2.27. The molecule has 0 spiro atoms. The molecule has 7 nitrogen and oxygen atoms in total. The summed E-state index contributed by atoms with van der Waals surface area (Å²) < 4.78 is 10.9. The maximum Gasteiger partial charge on any atom is 0.254 e. The molecule has 21 heavy (non-hydrogen) atoms. The molecule has 1 aromatic rings. The molecule has 3 heterocycles. The second-order valence-electron chi connectivity index (χ2n) is 5.64. The molecule has 2 fully saturated rings. The van der Waals surface area contributed by atoms with Crippen LogP contribution in [0.15, 0.2) is 6.07 Å². The van der Waals surface area contributed by atoms with Gasteiger partial charge in [-0.05, 0) is 25.7 Å². The van der Waals surface area contributed by atoms with E-state index in [0.29, 0.717) is 24.7 Å². The minimum absolute atomic E-state index is 0.00210. The average Bonchev–Trinajstić information content (AvgIpc) is 3.17. The molecule has 0 radical (unpaired) electrons. The van der Waals surface area contributed by atoms with Gasteiger partial charge in [0, 0.05) is 37.4 Å². The molecule has 2 atom stereocenters. The molecule has 2 saturated heterocycles. The molecule has 3 rings (SSSR count). The van der Waals surface area contributed by atoms with E-state index in [-0.39, 0.29) is 12.0 Å². The molecule has 0 saturated carbocycles. The fourth-order valence-corrected chi connectivity index (χ4v) is 2.90. The maximum absolute atomic E-state index is 12.1. The van der Waals surface area contributed by atoms with E-state index in [2.05, 4.69) is 15.5 Å². The first-order chi connectivity index (χ1) is 10.3. The van der Waals surface area contributed by atoms with Crippen molar-refractivity contribution in [1.29, 1.82) is 0 Å². The van der Waals surface area contributed by atoms with Gasteiger partial charge in [0.05, 0.1) is 6.10 Å². The summed E-state index contributed by atoms with van der Waals surface area (Å²) in [7, 11) is 0. The first kappa shape index (κ1) is 14.5. The van der Waals surface area contributed by atoms with Crippen molar-refractivity contribution in [2.24, 2.45) is 5.73 Å². The minimum Gasteiger partial charge on any atom is -0.381 e. The third-order valence-electron chi connectivity index (χ3n) is 4.17. The number of nitrogens with two attached hydrogens (primary N) is 1. The number of H-pyrrole nitrogens is 1. The van der Waals surface area contributed by atoms with Gasteiger partial charge in [-0.15, -0.1) is 0 Å². The molecule has 1 amide bonds. The molecule has 1 aromatic heterocycles. The number of hydrogen-bond donors (Lipinski definition) is 3. The van der Waals surface area contributed by atoms with Crippen LogP contribution in [0.5, 0.6) is 0 Å². The largest absolute Gasteiger partial charge is 0.381 e. The zero-order valence-corrected chi connectivity index (χ0v) is 12.0. The number of nitrogens with one attached hydrogen (secondary N) is 2. The molecule has 116 valence electrons. The van der Waals surface area contributed by atoms with Crippen LogP contribution in [0, 0.1) is 0 Å². The normalized spacial score (nSPS) is 26.9. The van der Waals surface area contributed by atoms with E-state index in [1.165, 1.54) is 0 Å². The number of nitrogens with zero attached hydrogens (tertiary/aromatic N) is 1. The number of ether oxygens (including phenoxy) is 2. The van der Waals surface area contributed by atoms with Gasteiger partial charge in [0.1, 0.15) is 6.10 Å². The summed E-state index contributed by atoms with van der Waals surface area (Å²) in [5.74, 6) is 0.846. The van der Waals surface area contributed by atoms with Gasteiger partial charge in [-0.2, -0.15) is 5.10 Å². The fourth-order valence-electron chi connectivity index (χ4n) is 2.90. The van der Waals surface area contributed by atoms with Crippen molar-refractivity contribution in [1.82, 2.24) is 10.2 Å². The Hall–Kier alpha value is -1.44. The van der Waals surface area contributed by atoms with Crippen molar-refractivity contribution in [3.63, 3.8) is 0 Å². The topological polar surface area (TPSA) is 102 Å². The summed E-state index contributed by atoms with van der Waals surface area (Å²) in [4.78, 5) is 12.1. The standard InChI is InChI=1S/C14H22N4O3/c15-8-10-1-2-12(21-10)14(19)16-13-7-11(17-18-13)9-3-5-20-6-4-9/h7,9-10,12H,1-6,8,15H2,(H2,16,17,18,19)/t10-,12+/m1/s1. The summed E-state index contributed by atoms with van der Waals surface area (Å²) in [5.41, 5.74) is 6.61. The quantitative estimate of drug-likeness (QED) is 0.760. The number of anilines is 1. The lowest BCUT2D eigenvalue weighted by molar-refractivity contribution is -0.126. The summed E-state index contributed by atoms with van der Waals surface area (Å²) in [6, 6.07) is 1.91. The predicted molar refractivity (Wildman–Crippen MR) is 77.0 cm³/mol. The Bertz CT molecular complexity index is 484. The summed E-state index contributed by atoms with van der Waals surface area (Å²) in [6.45, 7) is 2.02. The maximum atomic E-state index is 12.1. The van der Waals surface area contributed by atoms with Crippen LogP contribution in [0.1, 0.15) is 37.3 Å². The van der Waals surface area contributed by atoms with Gasteiger partial charge in [-0.1, -0.05) is 0 Å². The highest BCUT2D eigenvalue weighted by atomic mass is 16.5. The van der Waals surface area contributed by atoms with E-state index >= 15 is 0 Å². The molecular weight excluding hydrogens is 272 g/mol. The zero-order chi connectivity index (χ0) is 14.7. The highest BCUT2D eigenvalue weighted by molar-refractivity contribution is 5.93. The number of hydrogen-bond acceptors (Lipinski definition) is 5. The Morgan fingerprint density at radius 3 is 2.90 bits per heavy atom. The van der Waals surface area contributed by atoms with Crippen molar-refractivity contribution >= 4 is 11.7 Å². The van der Waals surface area contributed by atoms with E-state index in [4.69, 9.17) is 15.2 Å². The summed E-state index contributed by atoms with van der Waals surface area (Å²) >= 11 is 0. The zero-order valence-electron chi connectivity index (χ0n) is 12.0. The van der Waals surface area contributed by atoms with Crippen molar-refractivity contribution in [2.45, 2.75) is 43.8 Å².